The van der Waals surface area contributed by atoms with Crippen LogP contribution < -0.4 is 5.32 Å². The van der Waals surface area contributed by atoms with Gasteiger partial charge in [-0.15, -0.1) is 0 Å². The van der Waals surface area contributed by atoms with Crippen LogP contribution in [0.25, 0.3) is 0 Å². The summed E-state index contributed by atoms with van der Waals surface area (Å²) in [6.45, 7) is 8.47. The van der Waals surface area contributed by atoms with Crippen LogP contribution in [0.5, 0.6) is 0 Å². The number of nitrogens with one attached hydrogen (secondary N) is 1. The minimum atomic E-state index is -3.53. The normalized spacial score (nSPS) is 13.8. The SMILES string of the molecule is CCNc1ncc(S(=O)(=O)N(C)C(C)C(C)C)cn1. The first-order valence-electron chi connectivity index (χ1n) is 6.34. The molecule has 0 bridgehead atoms. The third kappa shape index (κ3) is 3.63. The number of nitrogens with zero attached hydrogens (tertiary/aromatic N) is 3. The van der Waals surface area contributed by atoms with E-state index in [1.54, 1.807) is 7.05 Å². The van der Waals surface area contributed by atoms with Gasteiger partial charge < -0.3 is 5.32 Å². The van der Waals surface area contributed by atoms with Crippen molar-refractivity contribution in [2.24, 2.45) is 5.92 Å². The van der Waals surface area contributed by atoms with E-state index in [1.807, 2.05) is 27.7 Å². The molecular weight excluding hydrogens is 264 g/mol. The fourth-order valence-corrected chi connectivity index (χ4v) is 2.89. The molecule has 0 saturated carbocycles. The van der Waals surface area contributed by atoms with Gasteiger partial charge in [0.2, 0.25) is 16.0 Å². The molecule has 0 saturated heterocycles. The first-order valence-corrected chi connectivity index (χ1v) is 7.78. The second-order valence-corrected chi connectivity index (χ2v) is 6.78. The maximum Gasteiger partial charge on any atom is 0.246 e. The van der Waals surface area contributed by atoms with Crippen molar-refractivity contribution >= 4 is 16.0 Å². The molecule has 19 heavy (non-hydrogen) atoms. The molecule has 0 aromatic carbocycles. The third-order valence-corrected chi connectivity index (χ3v) is 5.08. The molecule has 0 aliphatic rings. The highest BCUT2D eigenvalue weighted by molar-refractivity contribution is 7.89. The van der Waals surface area contributed by atoms with Crippen LogP contribution in [0, 0.1) is 5.92 Å². The summed E-state index contributed by atoms with van der Waals surface area (Å²) in [7, 11) is -1.95. The predicted octanol–water partition coefficient (Wildman–Crippen LogP) is 1.57. The second kappa shape index (κ2) is 6.29. The van der Waals surface area contributed by atoms with E-state index >= 15 is 0 Å². The smallest absolute Gasteiger partial charge is 0.246 e. The van der Waals surface area contributed by atoms with Crippen LogP contribution >= 0.6 is 0 Å². The average Bonchev–Trinajstić information content (AvgIpc) is 2.37. The molecule has 0 aliphatic carbocycles. The summed E-state index contributed by atoms with van der Waals surface area (Å²) in [4.78, 5) is 8.10. The van der Waals surface area contributed by atoms with Crippen molar-refractivity contribution in [3.8, 4) is 0 Å². The Morgan fingerprint density at radius 2 is 1.79 bits per heavy atom. The molecule has 6 nitrogen and oxygen atoms in total. The second-order valence-electron chi connectivity index (χ2n) is 4.78. The minimum Gasteiger partial charge on any atom is -0.355 e. The Morgan fingerprint density at radius 1 is 1.26 bits per heavy atom. The lowest BCUT2D eigenvalue weighted by molar-refractivity contribution is 0.315. The predicted molar refractivity (Wildman–Crippen MR) is 75.4 cm³/mol. The van der Waals surface area contributed by atoms with Crippen molar-refractivity contribution < 1.29 is 8.42 Å². The van der Waals surface area contributed by atoms with E-state index in [0.29, 0.717) is 12.5 Å². The topological polar surface area (TPSA) is 75.2 Å². The van der Waals surface area contributed by atoms with Crippen LogP contribution in [0.4, 0.5) is 5.95 Å². The fourth-order valence-electron chi connectivity index (χ4n) is 1.50. The highest BCUT2D eigenvalue weighted by Crippen LogP contribution is 2.19. The van der Waals surface area contributed by atoms with Gasteiger partial charge in [-0.05, 0) is 19.8 Å². The van der Waals surface area contributed by atoms with Gasteiger partial charge in [0.15, 0.2) is 0 Å². The molecule has 0 amide bonds. The zero-order chi connectivity index (χ0) is 14.6. The number of aromatic nitrogens is 2. The Kier molecular flexibility index (Phi) is 5.25. The van der Waals surface area contributed by atoms with E-state index in [-0.39, 0.29) is 16.9 Å². The lowest BCUT2D eigenvalue weighted by Gasteiger charge is -2.26. The molecule has 0 fully saturated rings. The summed E-state index contributed by atoms with van der Waals surface area (Å²) in [5.74, 6) is 0.669. The lowest BCUT2D eigenvalue weighted by Crippen LogP contribution is -2.38. The third-order valence-electron chi connectivity index (χ3n) is 3.18. The van der Waals surface area contributed by atoms with Crippen molar-refractivity contribution in [3.63, 3.8) is 0 Å². The molecule has 1 unspecified atom stereocenters. The standard InChI is InChI=1S/C12H22N4O2S/c1-6-13-12-14-7-11(8-15-12)19(17,18)16(5)10(4)9(2)3/h7-10H,6H2,1-5H3,(H,13,14,15). The average molecular weight is 286 g/mol. The molecule has 1 heterocycles. The van der Waals surface area contributed by atoms with Gasteiger partial charge in [-0.1, -0.05) is 13.8 Å². The summed E-state index contributed by atoms with van der Waals surface area (Å²) < 4.78 is 26.1. The molecule has 1 rings (SSSR count). The van der Waals surface area contributed by atoms with Gasteiger partial charge in [-0.25, -0.2) is 18.4 Å². The Bertz CT molecular complexity index is 499. The fraction of sp³-hybridized carbons (Fsp3) is 0.667. The van der Waals surface area contributed by atoms with E-state index < -0.39 is 10.0 Å². The van der Waals surface area contributed by atoms with Crippen LogP contribution in [-0.4, -0.2) is 42.3 Å². The Hall–Kier alpha value is -1.21. The Labute approximate surface area is 115 Å². The van der Waals surface area contributed by atoms with Crippen molar-refractivity contribution in [1.29, 1.82) is 0 Å². The van der Waals surface area contributed by atoms with Crippen LogP contribution in [0.3, 0.4) is 0 Å². The van der Waals surface area contributed by atoms with E-state index in [0.717, 1.165) is 0 Å². The number of rotatable bonds is 6. The highest BCUT2D eigenvalue weighted by Gasteiger charge is 2.27. The summed E-state index contributed by atoms with van der Waals surface area (Å²) >= 11 is 0. The summed E-state index contributed by atoms with van der Waals surface area (Å²) in [5, 5.41) is 2.93. The summed E-state index contributed by atoms with van der Waals surface area (Å²) in [6.07, 6.45) is 2.67. The molecule has 0 aliphatic heterocycles. The van der Waals surface area contributed by atoms with Gasteiger partial charge in [0, 0.05) is 19.6 Å². The molecule has 0 radical (unpaired) electrons. The van der Waals surface area contributed by atoms with Crippen molar-refractivity contribution in [3.05, 3.63) is 12.4 Å². The maximum atomic E-state index is 12.4. The van der Waals surface area contributed by atoms with Crippen LogP contribution in [0.2, 0.25) is 0 Å². The molecule has 108 valence electrons. The monoisotopic (exact) mass is 286 g/mol. The molecule has 0 spiro atoms. The molecular formula is C12H22N4O2S. The quantitative estimate of drug-likeness (QED) is 0.859. The van der Waals surface area contributed by atoms with E-state index in [1.165, 1.54) is 16.7 Å². The van der Waals surface area contributed by atoms with Gasteiger partial charge >= 0.3 is 0 Å². The maximum absolute atomic E-state index is 12.4. The molecule has 1 atom stereocenters. The van der Waals surface area contributed by atoms with Gasteiger partial charge in [-0.2, -0.15) is 4.31 Å². The minimum absolute atomic E-state index is 0.0848. The Morgan fingerprint density at radius 3 is 2.21 bits per heavy atom. The first-order chi connectivity index (χ1) is 8.80. The summed E-state index contributed by atoms with van der Waals surface area (Å²) in [5.41, 5.74) is 0. The number of hydrogen-bond donors (Lipinski definition) is 1. The van der Waals surface area contributed by atoms with Crippen LogP contribution in [-0.2, 0) is 10.0 Å². The number of anilines is 1. The van der Waals surface area contributed by atoms with Gasteiger partial charge in [0.05, 0.1) is 12.4 Å². The highest BCUT2D eigenvalue weighted by atomic mass is 32.2. The molecule has 1 N–H and O–H groups in total. The molecule has 1 aromatic rings. The van der Waals surface area contributed by atoms with E-state index in [2.05, 4.69) is 15.3 Å². The molecule has 1 aromatic heterocycles. The van der Waals surface area contributed by atoms with Gasteiger partial charge in [0.25, 0.3) is 0 Å². The van der Waals surface area contributed by atoms with Crippen molar-refractivity contribution in [2.75, 3.05) is 18.9 Å². The lowest BCUT2D eigenvalue weighted by atomic mass is 10.1. The van der Waals surface area contributed by atoms with E-state index in [9.17, 15) is 8.42 Å². The largest absolute Gasteiger partial charge is 0.355 e. The number of sulfonamides is 1. The summed E-state index contributed by atoms with van der Waals surface area (Å²) in [6, 6.07) is -0.0848. The van der Waals surface area contributed by atoms with Crippen LogP contribution in [0.1, 0.15) is 27.7 Å². The molecule has 7 heteroatoms. The Balaban J connectivity index is 3.00. The number of hydrogen-bond acceptors (Lipinski definition) is 5. The van der Waals surface area contributed by atoms with Crippen LogP contribution in [0.15, 0.2) is 17.3 Å². The van der Waals surface area contributed by atoms with Gasteiger partial charge in [-0.3, -0.25) is 0 Å². The van der Waals surface area contributed by atoms with E-state index in [4.69, 9.17) is 0 Å². The first kappa shape index (κ1) is 15.8. The van der Waals surface area contributed by atoms with Gasteiger partial charge in [0.1, 0.15) is 4.90 Å². The zero-order valence-electron chi connectivity index (χ0n) is 12.1. The van der Waals surface area contributed by atoms with Crippen molar-refractivity contribution in [1.82, 2.24) is 14.3 Å². The zero-order valence-corrected chi connectivity index (χ0v) is 12.9. The van der Waals surface area contributed by atoms with Crippen molar-refractivity contribution in [2.45, 2.75) is 38.6 Å².